The van der Waals surface area contributed by atoms with E-state index in [1.54, 1.807) is 18.5 Å². The number of anilines is 1. The van der Waals surface area contributed by atoms with Crippen LogP contribution >= 0.6 is 11.6 Å². The molecule has 1 aromatic heterocycles. The van der Waals surface area contributed by atoms with Gasteiger partial charge in [-0.1, -0.05) is 23.7 Å². The van der Waals surface area contributed by atoms with Gasteiger partial charge >= 0.3 is 0 Å². The van der Waals surface area contributed by atoms with Gasteiger partial charge in [0.15, 0.2) is 0 Å². The van der Waals surface area contributed by atoms with Crippen LogP contribution in [-0.4, -0.2) is 42.3 Å². The number of hydrogen-bond acceptors (Lipinski definition) is 4. The third kappa shape index (κ3) is 4.05. The van der Waals surface area contributed by atoms with Crippen molar-refractivity contribution in [1.82, 2.24) is 13.9 Å². The van der Waals surface area contributed by atoms with Gasteiger partial charge in [-0.2, -0.15) is 0 Å². The lowest BCUT2D eigenvalue weighted by Crippen LogP contribution is -2.23. The molecule has 0 bridgehead atoms. The summed E-state index contributed by atoms with van der Waals surface area (Å²) in [5.41, 5.74) is 3.54. The van der Waals surface area contributed by atoms with Crippen LogP contribution in [0.5, 0.6) is 0 Å². The molecule has 0 saturated carbocycles. The van der Waals surface area contributed by atoms with Gasteiger partial charge in [-0.15, -0.1) is 0 Å². The summed E-state index contributed by atoms with van der Waals surface area (Å²) < 4.78 is 27.9. The Morgan fingerprint density at radius 2 is 1.74 bits per heavy atom. The van der Waals surface area contributed by atoms with Crippen molar-refractivity contribution in [2.24, 2.45) is 0 Å². The number of aromatic nitrogens is 2. The van der Waals surface area contributed by atoms with E-state index < -0.39 is 15.9 Å². The van der Waals surface area contributed by atoms with Crippen molar-refractivity contribution in [3.8, 4) is 5.69 Å². The molecule has 0 aliphatic heterocycles. The Morgan fingerprint density at radius 1 is 1.03 bits per heavy atom. The fraction of sp³-hybridized carbons (Fsp3) is 0.0909. The zero-order valence-corrected chi connectivity index (χ0v) is 18.4. The molecule has 0 aliphatic carbocycles. The molecule has 3 aromatic carbocycles. The monoisotopic (exact) mass is 454 g/mol. The minimum atomic E-state index is -3.77. The first-order valence-corrected chi connectivity index (χ1v) is 11.1. The number of para-hydroxylation sites is 2. The number of nitrogens with one attached hydrogen (secondary N) is 1. The minimum Gasteiger partial charge on any atom is -0.322 e. The maximum atomic E-state index is 12.7. The van der Waals surface area contributed by atoms with E-state index in [9.17, 15) is 13.2 Å². The predicted molar refractivity (Wildman–Crippen MR) is 121 cm³/mol. The Balaban J connectivity index is 1.57. The van der Waals surface area contributed by atoms with Crippen LogP contribution in [0.15, 0.2) is 78.0 Å². The molecule has 0 radical (unpaired) electrons. The predicted octanol–water partition coefficient (Wildman–Crippen LogP) is 4.18. The zero-order chi connectivity index (χ0) is 22.2. The lowest BCUT2D eigenvalue weighted by Gasteiger charge is -2.14. The van der Waals surface area contributed by atoms with Crippen molar-refractivity contribution >= 4 is 44.3 Å². The first-order chi connectivity index (χ1) is 14.8. The van der Waals surface area contributed by atoms with Crippen molar-refractivity contribution in [2.75, 3.05) is 19.4 Å². The fourth-order valence-electron chi connectivity index (χ4n) is 3.11. The number of amides is 1. The third-order valence-corrected chi connectivity index (χ3v) is 7.11. The van der Waals surface area contributed by atoms with E-state index in [0.29, 0.717) is 5.69 Å². The van der Waals surface area contributed by atoms with Gasteiger partial charge in [0.2, 0.25) is 10.0 Å². The molecule has 1 N–H and O–H groups in total. The third-order valence-electron chi connectivity index (χ3n) is 4.81. The first-order valence-electron chi connectivity index (χ1n) is 9.33. The van der Waals surface area contributed by atoms with Crippen LogP contribution in [0, 0.1) is 0 Å². The summed E-state index contributed by atoms with van der Waals surface area (Å²) in [6.07, 6.45) is 1.75. The molecule has 0 fully saturated rings. The number of rotatable bonds is 5. The van der Waals surface area contributed by atoms with E-state index in [2.05, 4.69) is 10.3 Å². The first kappa shape index (κ1) is 21.0. The fourth-order valence-corrected chi connectivity index (χ4v) is 4.51. The lowest BCUT2D eigenvalue weighted by molar-refractivity contribution is 0.102. The summed E-state index contributed by atoms with van der Waals surface area (Å²) in [4.78, 5) is 17.0. The number of hydrogen-bond donors (Lipinski definition) is 1. The van der Waals surface area contributed by atoms with Crippen molar-refractivity contribution < 1.29 is 13.2 Å². The molecule has 1 heterocycles. The summed E-state index contributed by atoms with van der Waals surface area (Å²) in [6.45, 7) is 0. The van der Waals surface area contributed by atoms with Gasteiger partial charge in [-0.3, -0.25) is 9.36 Å². The normalized spacial score (nSPS) is 11.7. The molecular formula is C22H19ClN4O3S. The van der Waals surface area contributed by atoms with E-state index in [-0.39, 0.29) is 15.5 Å². The Labute approximate surface area is 184 Å². The van der Waals surface area contributed by atoms with Crippen molar-refractivity contribution in [2.45, 2.75) is 4.90 Å². The van der Waals surface area contributed by atoms with Gasteiger partial charge in [0.05, 0.1) is 16.1 Å². The standard InChI is InChI=1S/C22H19ClN4O3S/c1-26(2)31(29,30)21-13-15(7-12-18(21)23)22(28)25-16-8-10-17(11-9-16)27-14-24-19-5-3-4-6-20(19)27/h3-14H,1-2H3,(H,25,28). The quantitative estimate of drug-likeness (QED) is 0.490. The summed E-state index contributed by atoms with van der Waals surface area (Å²) in [5, 5.41) is 2.84. The highest BCUT2D eigenvalue weighted by molar-refractivity contribution is 7.89. The number of fused-ring (bicyclic) bond motifs is 1. The highest BCUT2D eigenvalue weighted by Gasteiger charge is 2.22. The molecule has 0 spiro atoms. The van der Waals surface area contributed by atoms with Gasteiger partial charge in [0, 0.05) is 31.0 Å². The molecule has 0 saturated heterocycles. The van der Waals surface area contributed by atoms with Crippen LogP contribution < -0.4 is 5.32 Å². The molecule has 0 aliphatic rings. The SMILES string of the molecule is CN(C)S(=O)(=O)c1cc(C(=O)Nc2ccc(-n3cnc4ccccc43)cc2)ccc1Cl. The van der Waals surface area contributed by atoms with Crippen molar-refractivity contribution in [3.05, 3.63) is 83.6 Å². The molecule has 4 aromatic rings. The molecular weight excluding hydrogens is 436 g/mol. The Bertz CT molecular complexity index is 1380. The van der Waals surface area contributed by atoms with Crippen LogP contribution in [0.3, 0.4) is 0 Å². The minimum absolute atomic E-state index is 0.0576. The van der Waals surface area contributed by atoms with Crippen LogP contribution in [0.4, 0.5) is 5.69 Å². The second kappa shape index (κ2) is 8.14. The average Bonchev–Trinajstić information content (AvgIpc) is 3.18. The van der Waals surface area contributed by atoms with Crippen LogP contribution in [0.1, 0.15) is 10.4 Å². The zero-order valence-electron chi connectivity index (χ0n) is 16.8. The highest BCUT2D eigenvalue weighted by Crippen LogP contribution is 2.25. The molecule has 4 rings (SSSR count). The number of benzene rings is 3. The number of nitrogens with zero attached hydrogens (tertiary/aromatic N) is 3. The van der Waals surface area contributed by atoms with Gasteiger partial charge in [-0.05, 0) is 54.6 Å². The van der Waals surface area contributed by atoms with Crippen molar-refractivity contribution in [3.63, 3.8) is 0 Å². The molecule has 9 heteroatoms. The molecule has 0 unspecified atom stereocenters. The van der Waals surface area contributed by atoms with E-state index in [0.717, 1.165) is 21.0 Å². The maximum absolute atomic E-state index is 12.7. The summed E-state index contributed by atoms with van der Waals surface area (Å²) in [6, 6.07) is 19.3. The number of carbonyl (C=O) groups excluding carboxylic acids is 1. The summed E-state index contributed by atoms with van der Waals surface area (Å²) in [5.74, 6) is -0.437. The van der Waals surface area contributed by atoms with Gasteiger partial charge in [0.25, 0.3) is 5.91 Å². The van der Waals surface area contributed by atoms with Crippen molar-refractivity contribution in [1.29, 1.82) is 0 Å². The largest absolute Gasteiger partial charge is 0.322 e. The molecule has 0 atom stereocenters. The summed E-state index contributed by atoms with van der Waals surface area (Å²) in [7, 11) is -0.960. The van der Waals surface area contributed by atoms with Gasteiger partial charge in [-0.25, -0.2) is 17.7 Å². The topological polar surface area (TPSA) is 84.3 Å². The number of halogens is 1. The van der Waals surface area contributed by atoms with Gasteiger partial charge in [0.1, 0.15) is 11.2 Å². The molecule has 1 amide bonds. The Morgan fingerprint density at radius 3 is 2.45 bits per heavy atom. The van der Waals surface area contributed by atoms with Crippen LogP contribution in [0.25, 0.3) is 16.7 Å². The van der Waals surface area contributed by atoms with Gasteiger partial charge < -0.3 is 5.32 Å². The lowest BCUT2D eigenvalue weighted by atomic mass is 10.2. The Kier molecular flexibility index (Phi) is 5.53. The Hall–Kier alpha value is -3.20. The highest BCUT2D eigenvalue weighted by atomic mass is 35.5. The van der Waals surface area contributed by atoms with E-state index in [4.69, 9.17) is 11.6 Å². The van der Waals surface area contributed by atoms with E-state index in [1.165, 1.54) is 32.3 Å². The number of sulfonamides is 1. The number of carbonyl (C=O) groups is 1. The smallest absolute Gasteiger partial charge is 0.255 e. The van der Waals surface area contributed by atoms with Crippen LogP contribution in [0.2, 0.25) is 5.02 Å². The molecule has 158 valence electrons. The second-order valence-corrected chi connectivity index (χ2v) is 9.56. The molecule has 31 heavy (non-hydrogen) atoms. The summed E-state index contributed by atoms with van der Waals surface area (Å²) >= 11 is 6.05. The molecule has 7 nitrogen and oxygen atoms in total. The van der Waals surface area contributed by atoms with E-state index >= 15 is 0 Å². The maximum Gasteiger partial charge on any atom is 0.255 e. The number of imidazole rings is 1. The second-order valence-electron chi connectivity index (χ2n) is 7.04. The average molecular weight is 455 g/mol. The van der Waals surface area contributed by atoms with Crippen LogP contribution in [-0.2, 0) is 10.0 Å². The van der Waals surface area contributed by atoms with E-state index in [1.807, 2.05) is 41.0 Å².